The second kappa shape index (κ2) is 7.93. The van der Waals surface area contributed by atoms with Gasteiger partial charge in [0, 0.05) is 29.2 Å². The van der Waals surface area contributed by atoms with Gasteiger partial charge in [0.1, 0.15) is 0 Å². The molecule has 1 fully saturated rings. The zero-order valence-corrected chi connectivity index (χ0v) is 16.6. The fourth-order valence-electron chi connectivity index (χ4n) is 3.39. The standard InChI is InChI=1S/C23H16N2O4S/c1-2-10-25-21(26)20(30-23(25)29)12-17-14-24(19-9-4-3-8-18(17)19)13-15-6-5-7-16(11-15)22(27)28/h1,3-9,11-12,14H,10,13H2,(H,27,28)/b20-12+. The molecule has 148 valence electrons. The predicted molar refractivity (Wildman–Crippen MR) is 116 cm³/mol. The number of carboxylic acids is 1. The Morgan fingerprint density at radius 2 is 1.97 bits per heavy atom. The summed E-state index contributed by atoms with van der Waals surface area (Å²) in [6, 6.07) is 14.5. The number of amides is 2. The number of aromatic nitrogens is 1. The highest BCUT2D eigenvalue weighted by Crippen LogP contribution is 2.34. The van der Waals surface area contributed by atoms with Crippen molar-refractivity contribution in [1.29, 1.82) is 0 Å². The summed E-state index contributed by atoms with van der Waals surface area (Å²) >= 11 is 0.872. The highest BCUT2D eigenvalue weighted by molar-refractivity contribution is 8.18. The molecule has 0 radical (unpaired) electrons. The Kier molecular flexibility index (Phi) is 5.17. The predicted octanol–water partition coefficient (Wildman–Crippen LogP) is 4.06. The number of carboxylic acid groups (broad SMARTS) is 1. The van der Waals surface area contributed by atoms with E-state index >= 15 is 0 Å². The van der Waals surface area contributed by atoms with Crippen LogP contribution in [-0.4, -0.2) is 38.2 Å². The van der Waals surface area contributed by atoms with Gasteiger partial charge in [-0.1, -0.05) is 36.3 Å². The number of carbonyl (C=O) groups excluding carboxylic acids is 2. The van der Waals surface area contributed by atoms with Crippen LogP contribution in [0.1, 0.15) is 21.5 Å². The molecule has 1 aliphatic rings. The Balaban J connectivity index is 1.73. The van der Waals surface area contributed by atoms with E-state index in [0.717, 1.165) is 38.7 Å². The second-order valence-corrected chi connectivity index (χ2v) is 7.70. The molecule has 6 nitrogen and oxygen atoms in total. The number of thioether (sulfide) groups is 1. The number of carbonyl (C=O) groups is 3. The van der Waals surface area contributed by atoms with E-state index in [1.165, 1.54) is 0 Å². The molecule has 0 spiro atoms. The first-order valence-corrected chi connectivity index (χ1v) is 9.88. The van der Waals surface area contributed by atoms with Crippen LogP contribution in [0.4, 0.5) is 4.79 Å². The van der Waals surface area contributed by atoms with Crippen LogP contribution in [0.25, 0.3) is 17.0 Å². The summed E-state index contributed by atoms with van der Waals surface area (Å²) in [5.74, 6) is 0.957. The zero-order chi connectivity index (χ0) is 21.3. The number of benzene rings is 2. The summed E-state index contributed by atoms with van der Waals surface area (Å²) in [6.07, 6.45) is 8.84. The molecule has 0 bridgehead atoms. The van der Waals surface area contributed by atoms with Crippen LogP contribution in [-0.2, 0) is 11.3 Å². The maximum Gasteiger partial charge on any atom is 0.335 e. The van der Waals surface area contributed by atoms with Crippen LogP contribution in [0, 0.1) is 12.3 Å². The lowest BCUT2D eigenvalue weighted by atomic mass is 10.1. The van der Waals surface area contributed by atoms with Crippen molar-refractivity contribution in [2.24, 2.45) is 0 Å². The van der Waals surface area contributed by atoms with E-state index < -0.39 is 11.9 Å². The van der Waals surface area contributed by atoms with Crippen molar-refractivity contribution in [2.45, 2.75) is 6.54 Å². The Labute approximate surface area is 176 Å². The van der Waals surface area contributed by atoms with Crippen LogP contribution in [0.5, 0.6) is 0 Å². The van der Waals surface area contributed by atoms with Crippen LogP contribution >= 0.6 is 11.8 Å². The second-order valence-electron chi connectivity index (χ2n) is 6.71. The van der Waals surface area contributed by atoms with Crippen molar-refractivity contribution >= 4 is 45.9 Å². The summed E-state index contributed by atoms with van der Waals surface area (Å²) in [4.78, 5) is 37.2. The number of rotatable bonds is 5. The summed E-state index contributed by atoms with van der Waals surface area (Å²) in [7, 11) is 0. The lowest BCUT2D eigenvalue weighted by Gasteiger charge is -2.06. The average Bonchev–Trinajstić information content (AvgIpc) is 3.21. The van der Waals surface area contributed by atoms with Crippen LogP contribution in [0.2, 0.25) is 0 Å². The van der Waals surface area contributed by atoms with E-state index in [1.807, 2.05) is 41.1 Å². The van der Waals surface area contributed by atoms with E-state index in [4.69, 9.17) is 6.42 Å². The first kappa shape index (κ1) is 19.6. The van der Waals surface area contributed by atoms with Crippen LogP contribution < -0.4 is 0 Å². The van der Waals surface area contributed by atoms with E-state index in [1.54, 1.807) is 24.3 Å². The minimum atomic E-state index is -0.974. The van der Waals surface area contributed by atoms with Gasteiger partial charge >= 0.3 is 5.97 Å². The Morgan fingerprint density at radius 1 is 1.17 bits per heavy atom. The Morgan fingerprint density at radius 3 is 2.73 bits per heavy atom. The Hall–Kier alpha value is -3.76. The third kappa shape index (κ3) is 3.61. The van der Waals surface area contributed by atoms with Crippen molar-refractivity contribution in [3.8, 4) is 12.3 Å². The van der Waals surface area contributed by atoms with E-state index in [-0.39, 0.29) is 17.3 Å². The molecule has 0 atom stereocenters. The molecule has 2 amide bonds. The molecule has 1 saturated heterocycles. The molecule has 4 rings (SSSR count). The number of para-hydroxylation sites is 1. The van der Waals surface area contributed by atoms with Gasteiger partial charge in [-0.2, -0.15) is 0 Å². The highest BCUT2D eigenvalue weighted by Gasteiger charge is 2.34. The van der Waals surface area contributed by atoms with Gasteiger partial charge in [0.15, 0.2) is 0 Å². The van der Waals surface area contributed by atoms with Gasteiger partial charge in [0.05, 0.1) is 17.0 Å². The maximum atomic E-state index is 12.5. The largest absolute Gasteiger partial charge is 0.478 e. The van der Waals surface area contributed by atoms with Gasteiger partial charge < -0.3 is 9.67 Å². The van der Waals surface area contributed by atoms with Crippen molar-refractivity contribution in [3.05, 3.63) is 76.3 Å². The third-order valence-corrected chi connectivity index (χ3v) is 5.66. The smallest absolute Gasteiger partial charge is 0.335 e. The molecule has 0 unspecified atom stereocenters. The van der Waals surface area contributed by atoms with Crippen molar-refractivity contribution in [1.82, 2.24) is 9.47 Å². The van der Waals surface area contributed by atoms with Crippen molar-refractivity contribution < 1.29 is 19.5 Å². The van der Waals surface area contributed by atoms with Crippen molar-refractivity contribution in [3.63, 3.8) is 0 Å². The highest BCUT2D eigenvalue weighted by atomic mass is 32.2. The quantitative estimate of drug-likeness (QED) is 0.501. The topological polar surface area (TPSA) is 79.6 Å². The van der Waals surface area contributed by atoms with Gasteiger partial charge in [-0.15, -0.1) is 6.42 Å². The molecule has 2 aromatic carbocycles. The number of nitrogens with zero attached hydrogens (tertiary/aromatic N) is 2. The van der Waals surface area contributed by atoms with E-state index in [2.05, 4.69) is 5.92 Å². The third-order valence-electron chi connectivity index (χ3n) is 4.76. The molecule has 1 N–H and O–H groups in total. The molecular formula is C23H16N2O4S. The lowest BCUT2D eigenvalue weighted by molar-refractivity contribution is -0.122. The maximum absolute atomic E-state index is 12.5. The molecule has 0 aliphatic carbocycles. The first-order chi connectivity index (χ1) is 14.5. The molecule has 1 aliphatic heterocycles. The molecule has 7 heteroatoms. The lowest BCUT2D eigenvalue weighted by Crippen LogP contribution is -2.28. The van der Waals surface area contributed by atoms with Crippen LogP contribution in [0.15, 0.2) is 59.6 Å². The van der Waals surface area contributed by atoms with E-state index in [0.29, 0.717) is 11.4 Å². The van der Waals surface area contributed by atoms with Gasteiger partial charge in [-0.3, -0.25) is 14.5 Å². The van der Waals surface area contributed by atoms with Gasteiger partial charge in [0.25, 0.3) is 11.1 Å². The number of imide groups is 1. The summed E-state index contributed by atoms with van der Waals surface area (Å²) < 4.78 is 1.99. The molecular weight excluding hydrogens is 400 g/mol. The average molecular weight is 416 g/mol. The zero-order valence-electron chi connectivity index (χ0n) is 15.7. The van der Waals surface area contributed by atoms with Crippen molar-refractivity contribution in [2.75, 3.05) is 6.54 Å². The molecule has 30 heavy (non-hydrogen) atoms. The minimum Gasteiger partial charge on any atom is -0.478 e. The minimum absolute atomic E-state index is 0.0519. The van der Waals surface area contributed by atoms with Gasteiger partial charge in [0.2, 0.25) is 0 Å². The number of hydrogen-bond donors (Lipinski definition) is 1. The van der Waals surface area contributed by atoms with Gasteiger partial charge in [-0.05, 0) is 41.6 Å². The number of hydrogen-bond acceptors (Lipinski definition) is 4. The number of fused-ring (bicyclic) bond motifs is 1. The fourth-order valence-corrected chi connectivity index (χ4v) is 4.22. The normalized spacial score (nSPS) is 15.2. The molecule has 3 aromatic rings. The first-order valence-electron chi connectivity index (χ1n) is 9.07. The van der Waals surface area contributed by atoms with Gasteiger partial charge in [-0.25, -0.2) is 4.79 Å². The summed E-state index contributed by atoms with van der Waals surface area (Å²) in [6.45, 7) is 0.414. The fraction of sp³-hybridized carbons (Fsp3) is 0.0870. The van der Waals surface area contributed by atoms with E-state index in [9.17, 15) is 19.5 Å². The number of aromatic carboxylic acids is 1. The Bertz CT molecular complexity index is 1270. The van der Waals surface area contributed by atoms with Crippen LogP contribution in [0.3, 0.4) is 0 Å². The molecule has 1 aromatic heterocycles. The summed E-state index contributed by atoms with van der Waals surface area (Å²) in [5, 5.41) is 9.77. The summed E-state index contributed by atoms with van der Waals surface area (Å²) in [5.41, 5.74) is 2.81. The molecule has 2 heterocycles. The molecule has 0 saturated carbocycles. The SMILES string of the molecule is C#CCN1C(=O)S/C(=C/c2cn(Cc3cccc(C(=O)O)c3)c3ccccc23)C1=O. The monoisotopic (exact) mass is 416 g/mol. The number of terminal acetylenes is 1.